The number of benzene rings is 1. The first kappa shape index (κ1) is 17.4. The van der Waals surface area contributed by atoms with Crippen molar-refractivity contribution in [2.45, 2.75) is 6.18 Å². The van der Waals surface area contributed by atoms with Gasteiger partial charge in [-0.25, -0.2) is 18.5 Å². The fourth-order valence-corrected chi connectivity index (χ4v) is 2.05. The zero-order valence-corrected chi connectivity index (χ0v) is 12.3. The number of methoxy groups -OCH3 is 1. The summed E-state index contributed by atoms with van der Waals surface area (Å²) in [7, 11) is 1.86. The van der Waals surface area contributed by atoms with Gasteiger partial charge >= 0.3 is 17.8 Å². The average Bonchev–Trinajstić information content (AvgIpc) is 2.50. The van der Waals surface area contributed by atoms with E-state index in [9.17, 15) is 31.9 Å². The smallest absolute Gasteiger partial charge is 0.431 e. The minimum atomic E-state index is -4.93. The summed E-state index contributed by atoms with van der Waals surface area (Å²) in [5.74, 6) is -1.94. The molecule has 0 radical (unpaired) electrons. The second kappa shape index (κ2) is 5.95. The van der Waals surface area contributed by atoms with Crippen molar-refractivity contribution in [1.29, 1.82) is 0 Å². The molecule has 0 bridgehead atoms. The molecule has 10 heteroatoms. The van der Waals surface area contributed by atoms with Gasteiger partial charge in [0, 0.05) is 13.1 Å². The van der Waals surface area contributed by atoms with Gasteiger partial charge in [-0.3, -0.25) is 9.36 Å². The van der Waals surface area contributed by atoms with Crippen LogP contribution in [0.2, 0.25) is 0 Å². The van der Waals surface area contributed by atoms with E-state index in [0.29, 0.717) is 0 Å². The number of nitrogens with zero attached hydrogens (tertiary/aromatic N) is 2. The van der Waals surface area contributed by atoms with Crippen molar-refractivity contribution < 1.29 is 27.1 Å². The Hall–Kier alpha value is -2.91. The monoisotopic (exact) mass is 346 g/mol. The third-order valence-electron chi connectivity index (χ3n) is 3.22. The van der Waals surface area contributed by atoms with E-state index in [0.717, 1.165) is 32.4 Å². The van der Waals surface area contributed by atoms with Gasteiger partial charge in [-0.05, 0) is 18.2 Å². The first-order valence-corrected chi connectivity index (χ1v) is 6.36. The summed E-state index contributed by atoms with van der Waals surface area (Å²) in [5, 5.41) is 0. The number of halogens is 4. The summed E-state index contributed by atoms with van der Waals surface area (Å²) in [6, 6.07) is 2.86. The average molecular weight is 346 g/mol. The maximum absolute atomic E-state index is 14.0. The maximum Gasteiger partial charge on any atom is 0.431 e. The van der Waals surface area contributed by atoms with Crippen LogP contribution in [0.3, 0.4) is 0 Å². The second-order valence-corrected chi connectivity index (χ2v) is 4.70. The van der Waals surface area contributed by atoms with Gasteiger partial charge < -0.3 is 4.74 Å². The third-order valence-corrected chi connectivity index (χ3v) is 3.22. The lowest BCUT2D eigenvalue weighted by atomic mass is 10.2. The number of esters is 1. The topological polar surface area (TPSA) is 70.3 Å². The van der Waals surface area contributed by atoms with E-state index in [1.54, 1.807) is 0 Å². The number of carbonyl (C=O) groups is 1. The number of aromatic nitrogens is 2. The molecule has 0 amide bonds. The van der Waals surface area contributed by atoms with Gasteiger partial charge in [0.1, 0.15) is 11.5 Å². The summed E-state index contributed by atoms with van der Waals surface area (Å²) < 4.78 is 57.2. The molecule has 2 rings (SSSR count). The number of carbonyl (C=O) groups excluding carboxylic acids is 1. The molecular formula is C14H10F4N2O4. The molecule has 0 saturated heterocycles. The van der Waals surface area contributed by atoms with Crippen molar-refractivity contribution in [3.63, 3.8) is 0 Å². The normalized spacial score (nSPS) is 11.4. The van der Waals surface area contributed by atoms with Gasteiger partial charge in [-0.1, -0.05) is 0 Å². The molecular weight excluding hydrogens is 336 g/mol. The number of alkyl halides is 3. The molecule has 0 fully saturated rings. The highest BCUT2D eigenvalue weighted by Crippen LogP contribution is 2.27. The fourth-order valence-electron chi connectivity index (χ4n) is 2.05. The minimum Gasteiger partial charge on any atom is -0.465 e. The van der Waals surface area contributed by atoms with Crippen LogP contribution < -0.4 is 11.2 Å². The van der Waals surface area contributed by atoms with Crippen LogP contribution in [0.5, 0.6) is 0 Å². The highest BCUT2D eigenvalue weighted by Gasteiger charge is 2.35. The molecule has 0 N–H and O–H groups in total. The highest BCUT2D eigenvalue weighted by atomic mass is 19.4. The van der Waals surface area contributed by atoms with Crippen LogP contribution in [-0.2, 0) is 18.0 Å². The summed E-state index contributed by atoms with van der Waals surface area (Å²) >= 11 is 0. The van der Waals surface area contributed by atoms with Crippen LogP contribution >= 0.6 is 0 Å². The van der Waals surface area contributed by atoms with E-state index < -0.39 is 40.6 Å². The molecule has 0 spiro atoms. The molecule has 1 aromatic heterocycles. The van der Waals surface area contributed by atoms with Gasteiger partial charge in [-0.15, -0.1) is 0 Å². The Morgan fingerprint density at radius 1 is 1.17 bits per heavy atom. The quantitative estimate of drug-likeness (QED) is 0.610. The van der Waals surface area contributed by atoms with Crippen molar-refractivity contribution in [3.8, 4) is 5.69 Å². The van der Waals surface area contributed by atoms with Crippen LogP contribution in [0.15, 0.2) is 33.9 Å². The van der Waals surface area contributed by atoms with E-state index in [2.05, 4.69) is 4.74 Å². The minimum absolute atomic E-state index is 0.172. The summed E-state index contributed by atoms with van der Waals surface area (Å²) in [6.07, 6.45) is -4.93. The Balaban J connectivity index is 2.80. The van der Waals surface area contributed by atoms with Crippen molar-refractivity contribution >= 4 is 5.97 Å². The van der Waals surface area contributed by atoms with Gasteiger partial charge in [0.05, 0.1) is 18.4 Å². The van der Waals surface area contributed by atoms with Crippen molar-refractivity contribution in [2.24, 2.45) is 7.05 Å². The molecule has 2 aromatic rings. The zero-order valence-electron chi connectivity index (χ0n) is 12.3. The molecule has 0 aliphatic rings. The first-order chi connectivity index (χ1) is 11.1. The Labute approximate surface area is 131 Å². The Morgan fingerprint density at radius 3 is 2.33 bits per heavy atom. The van der Waals surface area contributed by atoms with Crippen LogP contribution in [0.25, 0.3) is 5.69 Å². The predicted octanol–water partition coefficient (Wildman–Crippen LogP) is 1.48. The summed E-state index contributed by atoms with van der Waals surface area (Å²) in [4.78, 5) is 35.5. The van der Waals surface area contributed by atoms with Crippen molar-refractivity contribution in [3.05, 3.63) is 62.2 Å². The molecule has 0 aliphatic heterocycles. The van der Waals surface area contributed by atoms with Crippen LogP contribution in [0, 0.1) is 5.82 Å². The Morgan fingerprint density at radius 2 is 1.79 bits per heavy atom. The van der Waals surface area contributed by atoms with E-state index >= 15 is 0 Å². The van der Waals surface area contributed by atoms with Crippen molar-refractivity contribution in [2.75, 3.05) is 7.11 Å². The second-order valence-electron chi connectivity index (χ2n) is 4.70. The molecule has 128 valence electrons. The van der Waals surface area contributed by atoms with Crippen LogP contribution in [-0.4, -0.2) is 22.2 Å². The van der Waals surface area contributed by atoms with E-state index in [1.165, 1.54) is 0 Å². The lowest BCUT2D eigenvalue weighted by Gasteiger charge is -2.14. The lowest BCUT2D eigenvalue weighted by molar-refractivity contribution is -0.144. The Kier molecular flexibility index (Phi) is 4.32. The largest absolute Gasteiger partial charge is 0.465 e. The molecule has 24 heavy (non-hydrogen) atoms. The first-order valence-electron chi connectivity index (χ1n) is 6.36. The predicted molar refractivity (Wildman–Crippen MR) is 73.6 cm³/mol. The van der Waals surface area contributed by atoms with E-state index in [1.807, 2.05) is 0 Å². The van der Waals surface area contributed by atoms with Gasteiger partial charge in [0.25, 0.3) is 5.56 Å². The number of hydrogen-bond acceptors (Lipinski definition) is 4. The zero-order chi connectivity index (χ0) is 18.2. The summed E-state index contributed by atoms with van der Waals surface area (Å²) in [6.45, 7) is 0. The SMILES string of the molecule is COC(=O)c1ccc(F)c(-n2c(=O)cc(C(F)(F)F)n(C)c2=O)c1. The number of rotatable bonds is 2. The van der Waals surface area contributed by atoms with Gasteiger partial charge in [-0.2, -0.15) is 13.2 Å². The molecule has 1 aromatic carbocycles. The van der Waals surface area contributed by atoms with E-state index in [-0.39, 0.29) is 20.8 Å². The number of hydrogen-bond donors (Lipinski definition) is 0. The van der Waals surface area contributed by atoms with Gasteiger partial charge in [0.15, 0.2) is 0 Å². The van der Waals surface area contributed by atoms with Gasteiger partial charge in [0.2, 0.25) is 0 Å². The molecule has 0 atom stereocenters. The van der Waals surface area contributed by atoms with Crippen LogP contribution in [0.1, 0.15) is 16.1 Å². The molecule has 6 nitrogen and oxygen atoms in total. The number of ether oxygens (including phenoxy) is 1. The standard InChI is InChI=1S/C14H10F4N2O4/c1-19-10(14(16,17)18)6-11(21)20(13(19)23)9-5-7(12(22)24-2)3-4-8(9)15/h3-6H,1-2H3. The van der Waals surface area contributed by atoms with E-state index in [4.69, 9.17) is 0 Å². The molecule has 0 aliphatic carbocycles. The lowest BCUT2D eigenvalue weighted by Crippen LogP contribution is -2.41. The fraction of sp³-hybridized carbons (Fsp3) is 0.214. The van der Waals surface area contributed by atoms with Crippen LogP contribution in [0.4, 0.5) is 17.6 Å². The molecule has 0 unspecified atom stereocenters. The molecule has 1 heterocycles. The Bertz CT molecular complexity index is 928. The maximum atomic E-state index is 14.0. The highest BCUT2D eigenvalue weighted by molar-refractivity contribution is 5.89. The summed E-state index contributed by atoms with van der Waals surface area (Å²) in [5.41, 5.74) is -5.10. The van der Waals surface area contributed by atoms with Crippen molar-refractivity contribution in [1.82, 2.24) is 9.13 Å². The third kappa shape index (κ3) is 2.94. The molecule has 0 saturated carbocycles.